The van der Waals surface area contributed by atoms with Gasteiger partial charge in [-0.15, -0.1) is 0 Å². The van der Waals surface area contributed by atoms with Crippen molar-refractivity contribution in [3.8, 4) is 0 Å². The van der Waals surface area contributed by atoms with E-state index in [1.54, 1.807) is 0 Å². The molecule has 0 atom stereocenters. The third-order valence-corrected chi connectivity index (χ3v) is 1.11. The molecule has 0 aromatic carbocycles. The average Bonchev–Trinajstić information content (AvgIpc) is 1.80. The lowest BCUT2D eigenvalue weighted by Crippen LogP contribution is -2.38. The predicted molar refractivity (Wildman–Crippen MR) is 30.8 cm³/mol. The summed E-state index contributed by atoms with van der Waals surface area (Å²) in [5.74, 6) is 4.18. The van der Waals surface area contributed by atoms with E-state index in [9.17, 15) is 4.79 Å². The smallest absolute Gasteiger partial charge is 0.334 e. The molecule has 1 saturated heterocycles. The Kier molecular flexibility index (Phi) is 2.61. The van der Waals surface area contributed by atoms with Gasteiger partial charge in [0.1, 0.15) is 6.10 Å². The van der Waals surface area contributed by atoms with E-state index in [-0.39, 0.29) is 12.7 Å². The highest BCUT2D eigenvalue weighted by atomic mass is 16.7. The van der Waals surface area contributed by atoms with Gasteiger partial charge in [0.2, 0.25) is 0 Å². The molecule has 0 saturated carbocycles. The second-order valence-corrected chi connectivity index (χ2v) is 1.96. The van der Waals surface area contributed by atoms with Crippen molar-refractivity contribution in [3.63, 3.8) is 0 Å². The lowest BCUT2D eigenvalue weighted by molar-refractivity contribution is -0.176. The maximum atomic E-state index is 10.6. The van der Waals surface area contributed by atoms with Crippen molar-refractivity contribution >= 4 is 5.97 Å². The minimum absolute atomic E-state index is 0.0948. The van der Waals surface area contributed by atoms with Crippen LogP contribution in [0.3, 0.4) is 0 Å². The van der Waals surface area contributed by atoms with Gasteiger partial charge in [-0.05, 0) is 0 Å². The molecule has 1 aliphatic heterocycles. The van der Waals surface area contributed by atoms with E-state index in [2.05, 4.69) is 10.7 Å². The molecular weight excluding hydrogens is 138 g/mol. The van der Waals surface area contributed by atoms with Gasteiger partial charge < -0.3 is 9.47 Å². The Balaban J connectivity index is 2.05. The van der Waals surface area contributed by atoms with E-state index in [0.717, 1.165) is 0 Å². The molecule has 10 heavy (non-hydrogen) atoms. The van der Waals surface area contributed by atoms with Crippen molar-refractivity contribution in [2.75, 3.05) is 19.8 Å². The lowest BCUT2D eigenvalue weighted by Gasteiger charge is -2.25. The number of rotatable bonds is 3. The maximum Gasteiger partial charge on any atom is 0.334 e. The van der Waals surface area contributed by atoms with E-state index in [1.807, 2.05) is 0 Å². The highest BCUT2D eigenvalue weighted by Gasteiger charge is 2.22. The van der Waals surface area contributed by atoms with E-state index >= 15 is 0 Å². The third kappa shape index (κ3) is 1.94. The summed E-state index contributed by atoms with van der Waals surface area (Å²) in [6, 6.07) is 0. The van der Waals surface area contributed by atoms with Crippen LogP contribution in [0.4, 0.5) is 0 Å². The average molecular weight is 147 g/mol. The van der Waals surface area contributed by atoms with Crippen molar-refractivity contribution in [1.29, 1.82) is 0 Å². The fraction of sp³-hybridized carbons (Fsp3) is 0.800. The SMILES string of the molecule is NOCC(=O)OC1COC1. The van der Waals surface area contributed by atoms with E-state index in [4.69, 9.17) is 9.47 Å². The third-order valence-electron chi connectivity index (χ3n) is 1.11. The monoisotopic (exact) mass is 147 g/mol. The Bertz CT molecular complexity index is 123. The number of esters is 1. The number of hydrogen-bond donors (Lipinski definition) is 1. The summed E-state index contributed by atoms with van der Waals surface area (Å²) < 4.78 is 9.52. The molecule has 5 heteroatoms. The molecule has 0 unspecified atom stereocenters. The number of carbonyl (C=O) groups is 1. The largest absolute Gasteiger partial charge is 0.456 e. The summed E-state index contributed by atoms with van der Waals surface area (Å²) in [6.45, 7) is 0.767. The van der Waals surface area contributed by atoms with E-state index in [1.165, 1.54) is 0 Å². The molecule has 0 aliphatic carbocycles. The van der Waals surface area contributed by atoms with E-state index < -0.39 is 5.97 Å². The molecule has 1 rings (SSSR count). The Morgan fingerprint density at radius 3 is 2.80 bits per heavy atom. The second kappa shape index (κ2) is 3.50. The number of ether oxygens (including phenoxy) is 2. The first-order valence-corrected chi connectivity index (χ1v) is 2.92. The molecule has 0 bridgehead atoms. The lowest BCUT2D eigenvalue weighted by atomic mass is 10.3. The highest BCUT2D eigenvalue weighted by molar-refractivity contribution is 5.70. The van der Waals surface area contributed by atoms with Crippen LogP contribution in [0.5, 0.6) is 0 Å². The summed E-state index contributed by atoms with van der Waals surface area (Å²) >= 11 is 0. The Hall–Kier alpha value is -0.650. The Labute approximate surface area is 58.0 Å². The molecule has 1 aliphatic rings. The van der Waals surface area contributed by atoms with Crippen molar-refractivity contribution in [3.05, 3.63) is 0 Å². The van der Waals surface area contributed by atoms with Crippen LogP contribution in [-0.2, 0) is 19.1 Å². The van der Waals surface area contributed by atoms with Crippen LogP contribution in [0.15, 0.2) is 0 Å². The second-order valence-electron chi connectivity index (χ2n) is 1.96. The summed E-state index contributed by atoms with van der Waals surface area (Å²) in [4.78, 5) is 14.6. The van der Waals surface area contributed by atoms with Crippen LogP contribution in [0.1, 0.15) is 0 Å². The summed E-state index contributed by atoms with van der Waals surface area (Å²) in [7, 11) is 0. The topological polar surface area (TPSA) is 70.8 Å². The van der Waals surface area contributed by atoms with Gasteiger partial charge in [0.05, 0.1) is 13.2 Å². The maximum absolute atomic E-state index is 10.6. The molecule has 0 aromatic heterocycles. The summed E-state index contributed by atoms with van der Waals surface area (Å²) in [6.07, 6.45) is -0.0948. The Morgan fingerprint density at radius 1 is 1.70 bits per heavy atom. The minimum Gasteiger partial charge on any atom is -0.456 e. The van der Waals surface area contributed by atoms with Crippen molar-refractivity contribution < 1.29 is 19.1 Å². The summed E-state index contributed by atoms with van der Waals surface area (Å²) in [5.41, 5.74) is 0. The van der Waals surface area contributed by atoms with Crippen LogP contribution in [0.25, 0.3) is 0 Å². The van der Waals surface area contributed by atoms with Crippen molar-refractivity contribution in [2.45, 2.75) is 6.10 Å². The fourth-order valence-electron chi connectivity index (χ4n) is 0.570. The molecule has 0 radical (unpaired) electrons. The first kappa shape index (κ1) is 7.46. The first-order valence-electron chi connectivity index (χ1n) is 2.92. The molecule has 5 nitrogen and oxygen atoms in total. The van der Waals surface area contributed by atoms with Gasteiger partial charge in [0, 0.05) is 0 Å². The molecule has 2 N–H and O–H groups in total. The predicted octanol–water partition coefficient (Wildman–Crippen LogP) is -1.18. The molecule has 1 fully saturated rings. The molecule has 0 amide bonds. The van der Waals surface area contributed by atoms with Crippen LogP contribution in [0, 0.1) is 0 Å². The van der Waals surface area contributed by atoms with Crippen molar-refractivity contribution in [1.82, 2.24) is 0 Å². The standard InChI is InChI=1S/C5H9NO4/c6-9-3-5(7)10-4-1-8-2-4/h4H,1-3,6H2. The highest BCUT2D eigenvalue weighted by Crippen LogP contribution is 2.04. The van der Waals surface area contributed by atoms with Crippen LogP contribution < -0.4 is 5.90 Å². The van der Waals surface area contributed by atoms with Gasteiger partial charge >= 0.3 is 5.97 Å². The zero-order chi connectivity index (χ0) is 7.40. The van der Waals surface area contributed by atoms with Gasteiger partial charge in [-0.3, -0.25) is 4.84 Å². The summed E-state index contributed by atoms with van der Waals surface area (Å²) in [5, 5.41) is 0. The van der Waals surface area contributed by atoms with Gasteiger partial charge in [0.15, 0.2) is 6.61 Å². The first-order chi connectivity index (χ1) is 4.83. The van der Waals surface area contributed by atoms with Gasteiger partial charge in [-0.25, -0.2) is 10.7 Å². The van der Waals surface area contributed by atoms with Crippen LogP contribution in [-0.4, -0.2) is 31.9 Å². The fourth-order valence-corrected chi connectivity index (χ4v) is 0.570. The van der Waals surface area contributed by atoms with Crippen LogP contribution >= 0.6 is 0 Å². The van der Waals surface area contributed by atoms with E-state index in [0.29, 0.717) is 13.2 Å². The molecule has 0 spiro atoms. The molecule has 58 valence electrons. The van der Waals surface area contributed by atoms with Gasteiger partial charge in [0.25, 0.3) is 0 Å². The van der Waals surface area contributed by atoms with Crippen molar-refractivity contribution in [2.24, 2.45) is 5.90 Å². The van der Waals surface area contributed by atoms with Gasteiger partial charge in [-0.1, -0.05) is 0 Å². The quantitative estimate of drug-likeness (QED) is 0.402. The Morgan fingerprint density at radius 2 is 2.40 bits per heavy atom. The number of nitrogens with two attached hydrogens (primary N) is 1. The number of carbonyl (C=O) groups excluding carboxylic acids is 1. The molecule has 0 aromatic rings. The molecule has 1 heterocycles. The zero-order valence-electron chi connectivity index (χ0n) is 5.41. The van der Waals surface area contributed by atoms with Gasteiger partial charge in [-0.2, -0.15) is 0 Å². The zero-order valence-corrected chi connectivity index (χ0v) is 5.41. The molecular formula is C5H9NO4. The number of hydrogen-bond acceptors (Lipinski definition) is 5. The normalized spacial score (nSPS) is 18.1. The minimum atomic E-state index is -0.448. The van der Waals surface area contributed by atoms with Crippen LogP contribution in [0.2, 0.25) is 0 Å².